The summed E-state index contributed by atoms with van der Waals surface area (Å²) in [6, 6.07) is 14.3. The Balaban J connectivity index is 1.77. The lowest BCUT2D eigenvalue weighted by atomic mass is 10.1. The van der Waals surface area contributed by atoms with Crippen LogP contribution in [0, 0.1) is 0 Å². The van der Waals surface area contributed by atoms with Crippen LogP contribution in [-0.2, 0) is 4.79 Å². The van der Waals surface area contributed by atoms with Gasteiger partial charge in [0.25, 0.3) is 5.91 Å². The summed E-state index contributed by atoms with van der Waals surface area (Å²) in [4.78, 5) is 24.4. The number of anilines is 1. The Bertz CT molecular complexity index is 689. The van der Waals surface area contributed by atoms with Crippen LogP contribution in [0.2, 0.25) is 5.02 Å². The van der Waals surface area contributed by atoms with Crippen molar-refractivity contribution in [2.24, 2.45) is 5.73 Å². The molecule has 0 aromatic heterocycles. The van der Waals surface area contributed by atoms with Gasteiger partial charge in [0, 0.05) is 16.3 Å². The van der Waals surface area contributed by atoms with E-state index in [4.69, 9.17) is 17.3 Å². The highest BCUT2D eigenvalue weighted by Crippen LogP contribution is 2.21. The Hall–Kier alpha value is -1.98. The summed E-state index contributed by atoms with van der Waals surface area (Å²) in [6.07, 6.45) is 1.12. The molecule has 23 heavy (non-hydrogen) atoms. The second kappa shape index (κ2) is 8.60. The number of thioether (sulfide) groups is 1. The Kier molecular flexibility index (Phi) is 6.50. The molecule has 0 spiro atoms. The Morgan fingerprint density at radius 1 is 1.09 bits per heavy atom. The zero-order valence-electron chi connectivity index (χ0n) is 12.4. The van der Waals surface area contributed by atoms with Gasteiger partial charge in [0.2, 0.25) is 5.91 Å². The molecule has 120 valence electrons. The first-order valence-corrected chi connectivity index (χ1v) is 8.49. The van der Waals surface area contributed by atoms with E-state index in [0.29, 0.717) is 22.7 Å². The van der Waals surface area contributed by atoms with Crippen LogP contribution in [0.1, 0.15) is 23.2 Å². The molecule has 3 N–H and O–H groups in total. The number of rotatable bonds is 7. The fourth-order valence-corrected chi connectivity index (χ4v) is 2.95. The molecule has 0 aliphatic heterocycles. The molecule has 2 rings (SSSR count). The lowest BCUT2D eigenvalue weighted by molar-refractivity contribution is -0.116. The van der Waals surface area contributed by atoms with Crippen molar-refractivity contribution in [3.05, 3.63) is 59.1 Å². The summed E-state index contributed by atoms with van der Waals surface area (Å²) in [6.45, 7) is 0. The summed E-state index contributed by atoms with van der Waals surface area (Å²) < 4.78 is 0. The minimum absolute atomic E-state index is 0.129. The molecule has 0 bridgehead atoms. The predicted octanol–water partition coefficient (Wildman–Crippen LogP) is 3.95. The molecule has 0 heterocycles. The molecule has 0 aliphatic rings. The van der Waals surface area contributed by atoms with Gasteiger partial charge in [0.05, 0.1) is 11.3 Å². The van der Waals surface area contributed by atoms with E-state index in [1.807, 2.05) is 24.3 Å². The molecule has 0 saturated carbocycles. The van der Waals surface area contributed by atoms with Gasteiger partial charge < -0.3 is 11.1 Å². The van der Waals surface area contributed by atoms with Crippen molar-refractivity contribution < 1.29 is 9.59 Å². The molecule has 0 fully saturated rings. The lowest BCUT2D eigenvalue weighted by Crippen LogP contribution is -2.18. The van der Waals surface area contributed by atoms with Gasteiger partial charge in [0.15, 0.2) is 0 Å². The van der Waals surface area contributed by atoms with E-state index >= 15 is 0 Å². The zero-order valence-corrected chi connectivity index (χ0v) is 14.0. The molecule has 2 aromatic carbocycles. The number of hydrogen-bond donors (Lipinski definition) is 2. The maximum Gasteiger partial charge on any atom is 0.250 e. The highest BCUT2D eigenvalue weighted by molar-refractivity contribution is 7.99. The van der Waals surface area contributed by atoms with E-state index in [9.17, 15) is 9.59 Å². The highest BCUT2D eigenvalue weighted by Gasteiger charge is 2.10. The van der Waals surface area contributed by atoms with Crippen molar-refractivity contribution in [2.75, 3.05) is 11.1 Å². The van der Waals surface area contributed by atoms with Crippen LogP contribution in [0.15, 0.2) is 53.4 Å². The van der Waals surface area contributed by atoms with Crippen LogP contribution < -0.4 is 11.1 Å². The first-order chi connectivity index (χ1) is 11.1. The largest absolute Gasteiger partial charge is 0.366 e. The van der Waals surface area contributed by atoms with E-state index in [1.54, 1.807) is 36.0 Å². The molecule has 0 radical (unpaired) electrons. The fourth-order valence-electron chi connectivity index (χ4n) is 1.97. The minimum atomic E-state index is -0.556. The van der Waals surface area contributed by atoms with E-state index in [1.165, 1.54) is 0 Å². The third-order valence-corrected chi connectivity index (χ3v) is 4.45. The van der Waals surface area contributed by atoms with Gasteiger partial charge in [-0.15, -0.1) is 11.8 Å². The van der Waals surface area contributed by atoms with Crippen molar-refractivity contribution in [3.63, 3.8) is 0 Å². The molecule has 0 aliphatic carbocycles. The van der Waals surface area contributed by atoms with Gasteiger partial charge in [-0.3, -0.25) is 9.59 Å². The molecule has 0 saturated heterocycles. The van der Waals surface area contributed by atoms with Crippen molar-refractivity contribution in [3.8, 4) is 0 Å². The van der Waals surface area contributed by atoms with Crippen LogP contribution in [0.5, 0.6) is 0 Å². The smallest absolute Gasteiger partial charge is 0.250 e. The minimum Gasteiger partial charge on any atom is -0.366 e. The number of primary amides is 1. The average Bonchev–Trinajstić information content (AvgIpc) is 2.53. The second-order valence-corrected chi connectivity index (χ2v) is 6.47. The first kappa shape index (κ1) is 17.4. The maximum absolute atomic E-state index is 12.0. The SMILES string of the molecule is NC(=O)c1ccccc1NC(=O)CCCSc1ccc(Cl)cc1. The molecule has 6 heteroatoms. The molecular weight excluding hydrogens is 332 g/mol. The summed E-state index contributed by atoms with van der Waals surface area (Å²) >= 11 is 7.50. The van der Waals surface area contributed by atoms with E-state index < -0.39 is 5.91 Å². The van der Waals surface area contributed by atoms with Gasteiger partial charge in [-0.05, 0) is 48.6 Å². The second-order valence-electron chi connectivity index (χ2n) is 4.86. The number of para-hydroxylation sites is 1. The van der Waals surface area contributed by atoms with Crippen LogP contribution in [0.25, 0.3) is 0 Å². The van der Waals surface area contributed by atoms with E-state index in [2.05, 4.69) is 5.32 Å². The highest BCUT2D eigenvalue weighted by atomic mass is 35.5. The van der Waals surface area contributed by atoms with Gasteiger partial charge in [-0.1, -0.05) is 23.7 Å². The van der Waals surface area contributed by atoms with Gasteiger partial charge in [-0.2, -0.15) is 0 Å². The van der Waals surface area contributed by atoms with Crippen molar-refractivity contribution in [1.29, 1.82) is 0 Å². The number of benzene rings is 2. The topological polar surface area (TPSA) is 72.2 Å². The first-order valence-electron chi connectivity index (χ1n) is 7.13. The maximum atomic E-state index is 12.0. The number of nitrogens with one attached hydrogen (secondary N) is 1. The molecular formula is C17H17ClN2O2S. The molecule has 0 unspecified atom stereocenters. The van der Waals surface area contributed by atoms with E-state index in [0.717, 1.165) is 17.1 Å². The molecule has 0 atom stereocenters. The number of hydrogen-bond acceptors (Lipinski definition) is 3. The predicted molar refractivity (Wildman–Crippen MR) is 95.0 cm³/mol. The normalized spacial score (nSPS) is 10.3. The summed E-state index contributed by atoms with van der Waals surface area (Å²) in [7, 11) is 0. The average molecular weight is 349 g/mol. The Labute approximate surface area is 144 Å². The van der Waals surface area contributed by atoms with Crippen LogP contribution >= 0.6 is 23.4 Å². The molecule has 2 aromatic rings. The van der Waals surface area contributed by atoms with Gasteiger partial charge in [-0.25, -0.2) is 0 Å². The zero-order chi connectivity index (χ0) is 16.7. The van der Waals surface area contributed by atoms with Crippen molar-refractivity contribution in [2.45, 2.75) is 17.7 Å². The van der Waals surface area contributed by atoms with Gasteiger partial charge in [0.1, 0.15) is 0 Å². The number of amides is 2. The summed E-state index contributed by atoms with van der Waals surface area (Å²) in [5, 5.41) is 3.44. The van der Waals surface area contributed by atoms with Gasteiger partial charge >= 0.3 is 0 Å². The molecule has 2 amide bonds. The van der Waals surface area contributed by atoms with Crippen LogP contribution in [0.3, 0.4) is 0 Å². The third kappa shape index (κ3) is 5.62. The Morgan fingerprint density at radius 3 is 2.48 bits per heavy atom. The van der Waals surface area contributed by atoms with Crippen LogP contribution in [0.4, 0.5) is 5.69 Å². The van der Waals surface area contributed by atoms with Crippen LogP contribution in [-0.4, -0.2) is 17.6 Å². The fraction of sp³-hybridized carbons (Fsp3) is 0.176. The standard InChI is InChI=1S/C17H17ClN2O2S/c18-12-7-9-13(10-8-12)23-11-3-6-16(21)20-15-5-2-1-4-14(15)17(19)22/h1-2,4-5,7-10H,3,6,11H2,(H2,19,22)(H,20,21). The Morgan fingerprint density at radius 2 is 1.78 bits per heavy atom. The number of halogens is 1. The quantitative estimate of drug-likeness (QED) is 0.587. The lowest BCUT2D eigenvalue weighted by Gasteiger charge is -2.08. The monoisotopic (exact) mass is 348 g/mol. The molecule has 4 nitrogen and oxygen atoms in total. The summed E-state index contributed by atoms with van der Waals surface area (Å²) in [5.74, 6) is 0.140. The number of nitrogens with two attached hydrogens (primary N) is 1. The third-order valence-electron chi connectivity index (χ3n) is 3.10. The van der Waals surface area contributed by atoms with Crippen molar-refractivity contribution >= 4 is 40.9 Å². The van der Waals surface area contributed by atoms with Crippen molar-refractivity contribution in [1.82, 2.24) is 0 Å². The number of carbonyl (C=O) groups is 2. The summed E-state index contributed by atoms with van der Waals surface area (Å²) in [5.41, 5.74) is 6.05. The van der Waals surface area contributed by atoms with E-state index in [-0.39, 0.29) is 5.91 Å². The number of carbonyl (C=O) groups excluding carboxylic acids is 2.